The van der Waals surface area contributed by atoms with Crippen molar-refractivity contribution in [1.82, 2.24) is 60.6 Å². The maximum absolute atomic E-state index is 13.6. The van der Waals surface area contributed by atoms with Crippen molar-refractivity contribution >= 4 is 140 Å². The molecule has 4 aromatic carbocycles. The summed E-state index contributed by atoms with van der Waals surface area (Å²) < 4.78 is 41.7. The number of hydrogen-bond acceptors (Lipinski definition) is 29. The quantitative estimate of drug-likeness (QED) is 0.0142. The van der Waals surface area contributed by atoms with Gasteiger partial charge in [-0.25, -0.2) is 4.79 Å². The lowest BCUT2D eigenvalue weighted by atomic mass is 9.99. The largest absolute Gasteiger partial charge is 0.485 e. The second kappa shape index (κ2) is 43.5. The molecule has 2 saturated heterocycles. The average Bonchev–Trinajstić information content (AvgIpc) is 1.64. The summed E-state index contributed by atoms with van der Waals surface area (Å²) in [5, 5.41) is 39.1. The molecule has 0 aliphatic carbocycles. The van der Waals surface area contributed by atoms with Crippen molar-refractivity contribution in [2.24, 2.45) is 9.98 Å². The molecule has 126 heavy (non-hydrogen) atoms. The Balaban J connectivity index is 0.000000217. The topological polar surface area (TPSA) is 465 Å². The first-order chi connectivity index (χ1) is 59.6. The van der Waals surface area contributed by atoms with Crippen molar-refractivity contribution in [3.05, 3.63) is 184 Å². The molecular weight excluding hydrogens is 1720 g/mol. The van der Waals surface area contributed by atoms with Crippen LogP contribution in [0.4, 0.5) is 0 Å². The number of aryl methyl sites for hydroxylation is 2. The number of carboxylic acids is 1. The number of piperidine rings is 2. The van der Waals surface area contributed by atoms with Gasteiger partial charge < -0.3 is 48.9 Å². The smallest absolute Gasteiger partial charge is 0.346 e. The van der Waals surface area contributed by atoms with E-state index in [4.69, 9.17) is 66.3 Å². The van der Waals surface area contributed by atoms with E-state index in [9.17, 15) is 72.2 Å². The number of carboxylic acid groups (broad SMARTS) is 1. The minimum atomic E-state index is -1.11. The molecule has 5 N–H and O–H groups in total. The van der Waals surface area contributed by atoms with Crippen LogP contribution < -0.4 is 30.7 Å². The lowest BCUT2D eigenvalue weighted by molar-refractivity contribution is -0.141. The van der Waals surface area contributed by atoms with Crippen LogP contribution in [0.5, 0.6) is 11.5 Å². The maximum atomic E-state index is 13.6. The summed E-state index contributed by atoms with van der Waals surface area (Å²) >= 11 is 14.7. The van der Waals surface area contributed by atoms with Gasteiger partial charge in [0.25, 0.3) is 35.4 Å². The predicted octanol–water partition coefficient (Wildman–Crippen LogP) is 9.11. The summed E-state index contributed by atoms with van der Waals surface area (Å²) in [7, 11) is 1.32. The molecule has 10 amide bonds. The number of aromatic nitrogens is 6. The minimum absolute atomic E-state index is 0. The number of nitrogens with zero attached hydrogens (tertiary/aromatic N) is 10. The summed E-state index contributed by atoms with van der Waals surface area (Å²) in [6, 6.07) is 19.9. The van der Waals surface area contributed by atoms with Gasteiger partial charge in [0.05, 0.1) is 91.7 Å². The van der Waals surface area contributed by atoms with Crippen LogP contribution in [0.15, 0.2) is 94.9 Å². The molecule has 36 nitrogen and oxygen atoms in total. The van der Waals surface area contributed by atoms with Crippen molar-refractivity contribution in [2.75, 3.05) is 86.3 Å². The Kier molecular flexibility index (Phi) is 33.1. The first kappa shape index (κ1) is 95.9. The summed E-state index contributed by atoms with van der Waals surface area (Å²) in [5.41, 5.74) is 5.60. The number of carbonyl (C=O) groups is 14. The standard InChI is InChI=1S/C42H42ClN7O11S.C22H27N3O8.C20H17ClN4O3S.2CH4/c1-22-33-35(24-9-11-25(43)12-10-24)45-28(20-32(53)58-3)37-48-47-23(2)49(37)42(33)62-36(22)39(55)44-15-17-60-19-18-59-16-5-6-26(51)21-61-30-8-4-7-27-34(30)41(57)50(40(27)56)29-13-14-31(52)46-38(29)54;1-2-9-31-11-12-32-10-8-23-18(27)13-33-16-5-3-4-14-19(16)22(30)25(21(14)29)15-6-7-17(26)24-20(15)28;1-9(26)8-14-18-24-23-11(3)25(18)19-15(10(2)17(29-19)20(27)28)16(22-14)12-4-6-13(21)7-5-12;;/h4,7-12,28-29H,5-6,13-21H2,1-3H3,(H,44,55)(H,46,52,54);3-5,15H,2,6-13H2,1H3,(H,23,27)(H,24,26,28);4-7,14H,8H2,1-3H3,(H,27,28);2*1H4/t28-,29?;;14-;;/m1.1../s1. The number of nitrogens with one attached hydrogen (secondary N) is 4. The zero-order valence-electron chi connectivity index (χ0n) is 68.3. The molecule has 4 aromatic heterocycles. The minimum Gasteiger partial charge on any atom is -0.485 e. The second-order valence-electron chi connectivity index (χ2n) is 28.9. The Morgan fingerprint density at radius 2 is 0.984 bits per heavy atom. The summed E-state index contributed by atoms with van der Waals surface area (Å²) in [6.45, 7) is 13.5. The number of aromatic carboxylic acids is 1. The molecule has 666 valence electrons. The Bertz CT molecular complexity index is 5600. The van der Waals surface area contributed by atoms with E-state index < -0.39 is 89.3 Å². The molecule has 6 aliphatic rings. The van der Waals surface area contributed by atoms with E-state index in [0.29, 0.717) is 109 Å². The number of rotatable bonds is 34. The van der Waals surface area contributed by atoms with Gasteiger partial charge in [-0.3, -0.25) is 102 Å². The highest BCUT2D eigenvalue weighted by Gasteiger charge is 2.48. The number of Topliss-reactive ketones (excluding diaryl/α,β-unsaturated/α-hetero) is 2. The number of ketones is 2. The van der Waals surface area contributed by atoms with Crippen LogP contribution in [-0.2, 0) is 62.0 Å². The van der Waals surface area contributed by atoms with Crippen LogP contribution in [-0.4, -0.2) is 237 Å². The molecule has 4 atom stereocenters. The van der Waals surface area contributed by atoms with E-state index >= 15 is 0 Å². The van der Waals surface area contributed by atoms with Crippen LogP contribution in [0, 0.1) is 27.7 Å². The fraction of sp³-hybridized carbons (Fsp3) is 0.395. The first-order valence-corrected chi connectivity index (χ1v) is 41.9. The van der Waals surface area contributed by atoms with Gasteiger partial charge >= 0.3 is 11.9 Å². The molecule has 0 spiro atoms. The summed E-state index contributed by atoms with van der Waals surface area (Å²) in [6.07, 6.45) is 1.72. The van der Waals surface area contributed by atoms with E-state index in [0.717, 1.165) is 44.2 Å². The fourth-order valence-electron chi connectivity index (χ4n) is 14.4. The highest BCUT2D eigenvalue weighted by molar-refractivity contribution is 7.17. The number of amides is 10. The zero-order chi connectivity index (χ0) is 88.7. The maximum Gasteiger partial charge on any atom is 0.346 e. The molecule has 6 aliphatic heterocycles. The number of fused-ring (bicyclic) bond motifs is 8. The number of aliphatic imine (C=N–C) groups is 2. The van der Waals surface area contributed by atoms with Crippen LogP contribution >= 0.6 is 45.9 Å². The number of carbonyl (C=O) groups excluding carboxylic acids is 13. The number of esters is 1. The van der Waals surface area contributed by atoms with Crippen LogP contribution in [0.2, 0.25) is 10.0 Å². The predicted molar refractivity (Wildman–Crippen MR) is 460 cm³/mol. The van der Waals surface area contributed by atoms with Crippen molar-refractivity contribution in [3.8, 4) is 21.5 Å². The number of thiophene rings is 2. The molecule has 14 rings (SSSR count). The van der Waals surface area contributed by atoms with Gasteiger partial charge in [0, 0.05) is 84.3 Å². The molecule has 0 saturated carbocycles. The normalized spacial score (nSPS) is 16.5. The highest BCUT2D eigenvalue weighted by atomic mass is 35.5. The van der Waals surface area contributed by atoms with Gasteiger partial charge in [-0.05, 0) is 120 Å². The van der Waals surface area contributed by atoms with Gasteiger partial charge in [-0.1, -0.05) is 81.4 Å². The lowest BCUT2D eigenvalue weighted by Gasteiger charge is -2.27. The molecule has 0 radical (unpaired) electrons. The molecule has 10 heterocycles. The Morgan fingerprint density at radius 1 is 0.540 bits per heavy atom. The summed E-state index contributed by atoms with van der Waals surface area (Å²) in [5.74, 6) is -5.19. The fourth-order valence-corrected chi connectivity index (χ4v) is 17.1. The van der Waals surface area contributed by atoms with Gasteiger partial charge in [0.1, 0.15) is 74.6 Å². The zero-order valence-corrected chi connectivity index (χ0v) is 71.5. The van der Waals surface area contributed by atoms with Crippen molar-refractivity contribution < 1.29 is 105 Å². The van der Waals surface area contributed by atoms with Crippen LogP contribution in [0.25, 0.3) is 10.0 Å². The highest BCUT2D eigenvalue weighted by Crippen LogP contribution is 2.43. The number of hydrogen-bond donors (Lipinski definition) is 5. The number of benzene rings is 4. The Hall–Kier alpha value is -12.3. The van der Waals surface area contributed by atoms with Crippen molar-refractivity contribution in [2.45, 2.75) is 138 Å². The van der Waals surface area contributed by atoms with E-state index in [1.807, 2.05) is 47.2 Å². The third kappa shape index (κ3) is 21.8. The molecule has 2 unspecified atom stereocenters. The third-order valence-electron chi connectivity index (χ3n) is 20.3. The Labute approximate surface area is 741 Å². The number of ether oxygens (including phenoxy) is 7. The monoisotopic (exact) mass is 1810 g/mol. The molecule has 40 heteroatoms. The number of halogens is 2. The molecule has 8 aromatic rings. The Morgan fingerprint density at radius 3 is 1.44 bits per heavy atom. The van der Waals surface area contributed by atoms with Crippen LogP contribution in [0.1, 0.15) is 216 Å². The van der Waals surface area contributed by atoms with Crippen molar-refractivity contribution in [1.29, 1.82) is 0 Å². The van der Waals surface area contributed by atoms with E-state index in [1.165, 1.54) is 61.8 Å². The first-order valence-electron chi connectivity index (χ1n) is 39.5. The third-order valence-corrected chi connectivity index (χ3v) is 23.3. The van der Waals surface area contributed by atoms with Crippen molar-refractivity contribution in [3.63, 3.8) is 0 Å². The number of imide groups is 4. The molecule has 2 fully saturated rings. The molecular formula is C86H94Cl2N14O22S2. The average molecular weight is 1810 g/mol. The molecule has 0 bridgehead atoms. The van der Waals surface area contributed by atoms with Gasteiger partial charge in [0.15, 0.2) is 24.0 Å². The van der Waals surface area contributed by atoms with Gasteiger partial charge in [0.2, 0.25) is 23.6 Å². The van der Waals surface area contributed by atoms with Gasteiger partial charge in [-0.2, -0.15) is 0 Å². The van der Waals surface area contributed by atoms with E-state index in [-0.39, 0.29) is 169 Å². The second-order valence-corrected chi connectivity index (χ2v) is 31.7. The number of methoxy groups -OCH3 is 1. The summed E-state index contributed by atoms with van der Waals surface area (Å²) in [4.78, 5) is 186. The van der Waals surface area contributed by atoms with E-state index in [1.54, 1.807) is 45.0 Å². The van der Waals surface area contributed by atoms with E-state index in [2.05, 4.69) is 41.7 Å². The SMILES string of the molecule is C.C.CC(=O)C[C@H]1N=C(c2ccc(Cl)cc2)c2c(sc(C(=O)O)c2C)-n2c(C)nnc21.CCCOCCOCCNC(=O)COc1cccc2c1C(=O)N(C1CCC(=O)NC1=O)C2=O.COC(=O)C[C@H]1N=C(c2ccc(Cl)cc2)c2c(sc(C(=O)NCCOCCOCCCC(=O)COc3cccc4c3C(=O)N(C3CCC(=O)NC3=O)C4=O)c2C)-n2c(C)nnc21. The lowest BCUT2D eigenvalue weighted by Crippen LogP contribution is -2.54. The van der Waals surface area contributed by atoms with Gasteiger partial charge in [-0.15, -0.1) is 43.1 Å². The van der Waals surface area contributed by atoms with Crippen LogP contribution in [0.3, 0.4) is 0 Å².